The molecule has 1 heterocycles. The van der Waals surface area contributed by atoms with E-state index in [1.165, 1.54) is 0 Å². The number of carbonyl (C=O) groups excluding carboxylic acids is 2. The van der Waals surface area contributed by atoms with E-state index in [-0.39, 0.29) is 6.04 Å². The van der Waals surface area contributed by atoms with Gasteiger partial charge in [0.1, 0.15) is 11.4 Å². The summed E-state index contributed by atoms with van der Waals surface area (Å²) in [5.41, 5.74) is 0.871. The Morgan fingerprint density at radius 1 is 1.42 bits per heavy atom. The van der Waals surface area contributed by atoms with Gasteiger partial charge in [0, 0.05) is 18.7 Å². The summed E-state index contributed by atoms with van der Waals surface area (Å²) in [6.45, 7) is 9.30. The molecule has 0 saturated carbocycles. The number of hydrogen-bond acceptors (Lipinski definition) is 5. The van der Waals surface area contributed by atoms with Crippen molar-refractivity contribution in [2.24, 2.45) is 0 Å². The van der Waals surface area contributed by atoms with Crippen LogP contribution in [0.3, 0.4) is 0 Å². The van der Waals surface area contributed by atoms with Crippen molar-refractivity contribution in [1.82, 2.24) is 5.32 Å². The molecule has 0 aliphatic carbocycles. The van der Waals surface area contributed by atoms with Gasteiger partial charge in [-0.15, -0.1) is 0 Å². The zero-order valence-corrected chi connectivity index (χ0v) is 14.8. The number of amides is 1. The van der Waals surface area contributed by atoms with E-state index < -0.39 is 11.7 Å². The highest BCUT2D eigenvalue weighted by Gasteiger charge is 2.29. The lowest BCUT2D eigenvalue weighted by atomic mass is 10.1. The van der Waals surface area contributed by atoms with Crippen LogP contribution in [-0.4, -0.2) is 43.7 Å². The largest absolute Gasteiger partial charge is 0.492 e. The molecule has 1 saturated heterocycles. The van der Waals surface area contributed by atoms with E-state index in [0.29, 0.717) is 24.5 Å². The molecule has 132 valence electrons. The fourth-order valence-corrected chi connectivity index (χ4v) is 2.80. The van der Waals surface area contributed by atoms with Crippen molar-refractivity contribution in [3.05, 3.63) is 23.8 Å². The van der Waals surface area contributed by atoms with Gasteiger partial charge in [0.15, 0.2) is 6.29 Å². The van der Waals surface area contributed by atoms with Crippen LogP contribution in [0.4, 0.5) is 10.5 Å². The number of rotatable bonds is 5. The van der Waals surface area contributed by atoms with Crippen LogP contribution in [0.5, 0.6) is 5.75 Å². The topological polar surface area (TPSA) is 67.9 Å². The maximum atomic E-state index is 11.9. The third kappa shape index (κ3) is 4.63. The molecule has 1 aliphatic heterocycles. The van der Waals surface area contributed by atoms with Crippen LogP contribution < -0.4 is 15.0 Å². The fraction of sp³-hybridized carbons (Fsp3) is 0.556. The number of nitrogens with zero attached hydrogens (tertiary/aromatic N) is 1. The van der Waals surface area contributed by atoms with Gasteiger partial charge in [-0.2, -0.15) is 0 Å². The number of aldehydes is 1. The first-order valence-electron chi connectivity index (χ1n) is 8.29. The maximum absolute atomic E-state index is 11.9. The third-order valence-electron chi connectivity index (χ3n) is 3.68. The van der Waals surface area contributed by atoms with Gasteiger partial charge < -0.3 is 19.7 Å². The van der Waals surface area contributed by atoms with Crippen molar-refractivity contribution >= 4 is 18.1 Å². The van der Waals surface area contributed by atoms with Crippen LogP contribution in [0.15, 0.2) is 18.2 Å². The van der Waals surface area contributed by atoms with Crippen LogP contribution in [0.2, 0.25) is 0 Å². The van der Waals surface area contributed by atoms with Crippen LogP contribution in [0, 0.1) is 0 Å². The molecular weight excluding hydrogens is 308 g/mol. The van der Waals surface area contributed by atoms with E-state index in [1.807, 2.05) is 39.8 Å². The van der Waals surface area contributed by atoms with E-state index in [9.17, 15) is 9.59 Å². The molecule has 24 heavy (non-hydrogen) atoms. The summed E-state index contributed by atoms with van der Waals surface area (Å²) in [6, 6.07) is 5.43. The second-order valence-corrected chi connectivity index (χ2v) is 6.82. The molecule has 1 amide bonds. The molecule has 0 bridgehead atoms. The molecule has 0 spiro atoms. The Bertz CT molecular complexity index is 595. The zero-order valence-electron chi connectivity index (χ0n) is 14.8. The molecule has 1 atom stereocenters. The van der Waals surface area contributed by atoms with Gasteiger partial charge in [-0.25, -0.2) is 4.79 Å². The number of carbonyl (C=O) groups is 2. The normalized spacial score (nSPS) is 17.5. The van der Waals surface area contributed by atoms with E-state index in [2.05, 4.69) is 10.2 Å². The van der Waals surface area contributed by atoms with Crippen molar-refractivity contribution in [3.63, 3.8) is 0 Å². The fourth-order valence-electron chi connectivity index (χ4n) is 2.80. The summed E-state index contributed by atoms with van der Waals surface area (Å²) in [7, 11) is 0. The average Bonchev–Trinajstić information content (AvgIpc) is 2.93. The van der Waals surface area contributed by atoms with Crippen LogP contribution in [0.1, 0.15) is 44.5 Å². The second-order valence-electron chi connectivity index (χ2n) is 6.82. The quantitative estimate of drug-likeness (QED) is 0.839. The Hall–Kier alpha value is -2.24. The molecule has 1 aromatic rings. The second kappa shape index (κ2) is 7.55. The summed E-state index contributed by atoms with van der Waals surface area (Å²) in [6.07, 6.45) is 1.22. The van der Waals surface area contributed by atoms with Crippen molar-refractivity contribution in [2.45, 2.75) is 45.8 Å². The first-order valence-corrected chi connectivity index (χ1v) is 8.29. The van der Waals surface area contributed by atoms with E-state index >= 15 is 0 Å². The average molecular weight is 334 g/mol. The highest BCUT2D eigenvalue weighted by molar-refractivity contribution is 5.87. The number of para-hydroxylation sites is 1. The van der Waals surface area contributed by atoms with Crippen molar-refractivity contribution in [3.8, 4) is 5.75 Å². The predicted molar refractivity (Wildman–Crippen MR) is 93.0 cm³/mol. The molecular formula is C18H26N2O4. The summed E-state index contributed by atoms with van der Waals surface area (Å²) in [4.78, 5) is 25.4. The summed E-state index contributed by atoms with van der Waals surface area (Å²) in [5.74, 6) is 0.694. The van der Waals surface area contributed by atoms with Gasteiger partial charge in [-0.1, -0.05) is 6.07 Å². The van der Waals surface area contributed by atoms with Gasteiger partial charge in [-0.05, 0) is 46.2 Å². The third-order valence-corrected chi connectivity index (χ3v) is 3.68. The highest BCUT2D eigenvalue weighted by Crippen LogP contribution is 2.34. The number of alkyl carbamates (subject to hydrolysis) is 1. The highest BCUT2D eigenvalue weighted by atomic mass is 16.6. The lowest BCUT2D eigenvalue weighted by Crippen LogP contribution is -2.40. The number of nitrogens with one attached hydrogen (secondary N) is 1. The van der Waals surface area contributed by atoms with Crippen molar-refractivity contribution < 1.29 is 19.1 Å². The summed E-state index contributed by atoms with van der Waals surface area (Å²) < 4.78 is 11.0. The van der Waals surface area contributed by atoms with Gasteiger partial charge in [0.25, 0.3) is 0 Å². The zero-order chi connectivity index (χ0) is 17.7. The first-order chi connectivity index (χ1) is 11.3. The Kier molecular flexibility index (Phi) is 5.70. The standard InChI is InChI=1S/C18H26N2O4/c1-5-23-15-8-6-7-13(12-21)16(15)20-10-9-14(11-20)19-17(22)24-18(2,3)4/h6-8,12,14H,5,9-11H2,1-4H3,(H,19,22)/t14-/m0/s1. The Morgan fingerprint density at radius 3 is 2.79 bits per heavy atom. The number of ether oxygens (including phenoxy) is 2. The molecule has 2 rings (SSSR count). The molecule has 0 radical (unpaired) electrons. The number of benzene rings is 1. The Morgan fingerprint density at radius 2 is 2.17 bits per heavy atom. The molecule has 1 fully saturated rings. The lowest BCUT2D eigenvalue weighted by Gasteiger charge is -2.24. The number of hydrogen-bond donors (Lipinski definition) is 1. The summed E-state index contributed by atoms with van der Waals surface area (Å²) >= 11 is 0. The first kappa shape index (κ1) is 18.1. The monoisotopic (exact) mass is 334 g/mol. The maximum Gasteiger partial charge on any atom is 0.407 e. The molecule has 1 aromatic carbocycles. The van der Waals surface area contributed by atoms with E-state index in [0.717, 1.165) is 24.9 Å². The SMILES string of the molecule is CCOc1cccc(C=O)c1N1CC[C@H](NC(=O)OC(C)(C)C)C1. The molecule has 1 aliphatic rings. The van der Waals surface area contributed by atoms with E-state index in [1.54, 1.807) is 6.07 Å². The van der Waals surface area contributed by atoms with Crippen LogP contribution >= 0.6 is 0 Å². The van der Waals surface area contributed by atoms with E-state index in [4.69, 9.17) is 9.47 Å². The summed E-state index contributed by atoms with van der Waals surface area (Å²) in [5, 5.41) is 2.89. The predicted octanol–water partition coefficient (Wildman–Crippen LogP) is 3.00. The molecule has 6 heteroatoms. The molecule has 1 N–H and O–H groups in total. The van der Waals surface area contributed by atoms with Crippen LogP contribution in [0.25, 0.3) is 0 Å². The minimum absolute atomic E-state index is 0.0194. The van der Waals surface area contributed by atoms with Gasteiger partial charge >= 0.3 is 6.09 Å². The Balaban J connectivity index is 2.08. The molecule has 0 aromatic heterocycles. The van der Waals surface area contributed by atoms with Gasteiger partial charge in [0.2, 0.25) is 0 Å². The minimum Gasteiger partial charge on any atom is -0.492 e. The van der Waals surface area contributed by atoms with Gasteiger partial charge in [-0.3, -0.25) is 4.79 Å². The molecule has 6 nitrogen and oxygen atoms in total. The van der Waals surface area contributed by atoms with Crippen molar-refractivity contribution in [2.75, 3.05) is 24.6 Å². The number of anilines is 1. The lowest BCUT2D eigenvalue weighted by molar-refractivity contribution is 0.0509. The minimum atomic E-state index is -0.519. The van der Waals surface area contributed by atoms with Crippen molar-refractivity contribution in [1.29, 1.82) is 0 Å². The van der Waals surface area contributed by atoms with Gasteiger partial charge in [0.05, 0.1) is 18.3 Å². The smallest absolute Gasteiger partial charge is 0.407 e. The Labute approximate surface area is 143 Å². The molecule has 0 unspecified atom stereocenters. The van der Waals surface area contributed by atoms with Crippen LogP contribution in [-0.2, 0) is 4.74 Å².